The minimum atomic E-state index is 0.286. The molecule has 0 amide bonds. The molecule has 6 heteroatoms. The Morgan fingerprint density at radius 3 is 3.12 bits per heavy atom. The van der Waals surface area contributed by atoms with Crippen LogP contribution in [0.15, 0.2) is 23.3 Å². The van der Waals surface area contributed by atoms with Crippen LogP contribution in [0.3, 0.4) is 0 Å². The van der Waals surface area contributed by atoms with Crippen molar-refractivity contribution in [2.24, 2.45) is 10.9 Å². The molecular weight excluding hydrogens is 236 g/mol. The number of benzene rings is 1. The third-order valence-electron chi connectivity index (χ3n) is 2.56. The van der Waals surface area contributed by atoms with Gasteiger partial charge in [0.1, 0.15) is 5.75 Å². The third-order valence-corrected chi connectivity index (χ3v) is 2.77. The van der Waals surface area contributed by atoms with Crippen LogP contribution in [0.2, 0.25) is 0 Å². The highest BCUT2D eigenvalue weighted by Crippen LogP contribution is 2.25. The molecule has 0 aromatic heterocycles. The first kappa shape index (κ1) is 11.8. The van der Waals surface area contributed by atoms with Gasteiger partial charge in [0.05, 0.1) is 12.3 Å². The largest absolute Gasteiger partial charge is 0.493 e. The van der Waals surface area contributed by atoms with Crippen LogP contribution in [0.4, 0.5) is 0 Å². The van der Waals surface area contributed by atoms with Crippen LogP contribution in [0, 0.1) is 0 Å². The fourth-order valence-electron chi connectivity index (χ4n) is 1.64. The predicted molar refractivity (Wildman–Crippen MR) is 70.9 cm³/mol. The van der Waals surface area contributed by atoms with Crippen molar-refractivity contribution in [3.63, 3.8) is 0 Å². The van der Waals surface area contributed by atoms with E-state index in [9.17, 15) is 0 Å². The Bertz CT molecular complexity index is 473. The molecule has 1 aliphatic rings. The van der Waals surface area contributed by atoms with Crippen molar-refractivity contribution >= 4 is 23.0 Å². The highest BCUT2D eigenvalue weighted by molar-refractivity contribution is 7.80. The van der Waals surface area contributed by atoms with Crippen LogP contribution >= 0.6 is 12.2 Å². The van der Waals surface area contributed by atoms with Crippen molar-refractivity contribution in [3.05, 3.63) is 29.3 Å². The van der Waals surface area contributed by atoms with Crippen molar-refractivity contribution in [2.75, 3.05) is 6.61 Å². The molecule has 0 radical (unpaired) electrons. The number of nitrogens with zero attached hydrogens (tertiary/aromatic N) is 1. The summed E-state index contributed by atoms with van der Waals surface area (Å²) in [6.07, 6.45) is 0.951. The van der Waals surface area contributed by atoms with Crippen LogP contribution in [-0.2, 0) is 6.42 Å². The first-order valence-corrected chi connectivity index (χ1v) is 5.68. The molecule has 2 rings (SSSR count). The van der Waals surface area contributed by atoms with E-state index in [1.54, 1.807) is 0 Å². The number of rotatable bonds is 2. The van der Waals surface area contributed by atoms with Crippen molar-refractivity contribution in [1.29, 1.82) is 0 Å². The number of nitrogens with one attached hydrogen (secondary N) is 2. The lowest BCUT2D eigenvalue weighted by Crippen LogP contribution is -2.37. The fraction of sp³-hybridized carbons (Fsp3) is 0.273. The van der Waals surface area contributed by atoms with Gasteiger partial charge in [-0.2, -0.15) is 5.10 Å². The summed E-state index contributed by atoms with van der Waals surface area (Å²) in [5, 5.41) is 4.42. The quantitative estimate of drug-likeness (QED) is 0.312. The van der Waals surface area contributed by atoms with E-state index < -0.39 is 0 Å². The Hall–Kier alpha value is -1.66. The number of fused-ring (bicyclic) bond motifs is 1. The summed E-state index contributed by atoms with van der Waals surface area (Å²) in [4.78, 5) is 0. The molecule has 0 aliphatic carbocycles. The molecule has 1 aliphatic heterocycles. The normalized spacial score (nSPS) is 13.9. The summed E-state index contributed by atoms with van der Waals surface area (Å²) in [5.74, 6) is 6.10. The zero-order chi connectivity index (χ0) is 12.3. The van der Waals surface area contributed by atoms with E-state index in [0.29, 0.717) is 0 Å². The highest BCUT2D eigenvalue weighted by atomic mass is 32.1. The summed E-state index contributed by atoms with van der Waals surface area (Å²) in [5.41, 5.74) is 8.06. The number of nitrogens with two attached hydrogens (primary N) is 1. The van der Waals surface area contributed by atoms with Crippen molar-refractivity contribution in [1.82, 2.24) is 10.9 Å². The second-order valence-electron chi connectivity index (χ2n) is 3.70. The number of hydrogen-bond donors (Lipinski definition) is 3. The van der Waals surface area contributed by atoms with Gasteiger partial charge in [-0.15, -0.1) is 0 Å². The minimum Gasteiger partial charge on any atom is -0.493 e. The van der Waals surface area contributed by atoms with Gasteiger partial charge in [-0.05, 0) is 48.5 Å². The van der Waals surface area contributed by atoms with Gasteiger partial charge >= 0.3 is 0 Å². The molecule has 90 valence electrons. The molecule has 1 aromatic rings. The van der Waals surface area contributed by atoms with Gasteiger partial charge in [-0.1, -0.05) is 0 Å². The SMILES string of the molecule is C/C(=N\NC(=S)NN)c1ccc2c(c1)CCO2. The summed E-state index contributed by atoms with van der Waals surface area (Å²) < 4.78 is 5.45. The van der Waals surface area contributed by atoms with Gasteiger partial charge < -0.3 is 4.74 Å². The maximum atomic E-state index is 5.45. The van der Waals surface area contributed by atoms with E-state index in [1.807, 2.05) is 19.1 Å². The van der Waals surface area contributed by atoms with E-state index >= 15 is 0 Å². The zero-order valence-electron chi connectivity index (χ0n) is 9.49. The summed E-state index contributed by atoms with van der Waals surface area (Å²) in [6.45, 7) is 2.66. The molecule has 0 unspecified atom stereocenters. The first-order valence-electron chi connectivity index (χ1n) is 5.27. The van der Waals surface area contributed by atoms with Crippen molar-refractivity contribution in [3.8, 4) is 5.75 Å². The lowest BCUT2D eigenvalue weighted by molar-refractivity contribution is 0.357. The van der Waals surface area contributed by atoms with Gasteiger partial charge in [-0.25, -0.2) is 5.84 Å². The van der Waals surface area contributed by atoms with Gasteiger partial charge in [0.25, 0.3) is 0 Å². The van der Waals surface area contributed by atoms with Gasteiger partial charge in [-0.3, -0.25) is 10.9 Å². The standard InChI is InChI=1S/C11H14N4OS/c1-7(14-15-11(17)13-12)8-2-3-10-9(6-8)4-5-16-10/h2-3,6H,4-5,12H2,1H3,(H2,13,15,17)/b14-7+. The highest BCUT2D eigenvalue weighted by Gasteiger charge is 2.12. The van der Waals surface area contributed by atoms with Crippen LogP contribution < -0.4 is 21.4 Å². The zero-order valence-corrected chi connectivity index (χ0v) is 10.3. The Morgan fingerprint density at radius 2 is 2.35 bits per heavy atom. The summed E-state index contributed by atoms with van der Waals surface area (Å²) in [6, 6.07) is 6.03. The first-order chi connectivity index (χ1) is 8.20. The number of hydrazone groups is 1. The van der Waals surface area contributed by atoms with Gasteiger partial charge in [0, 0.05) is 6.42 Å². The minimum absolute atomic E-state index is 0.286. The number of hydrazine groups is 1. The van der Waals surface area contributed by atoms with E-state index in [2.05, 4.69) is 22.0 Å². The molecule has 1 aromatic carbocycles. The molecular formula is C11H14N4OS. The molecule has 0 atom stereocenters. The summed E-state index contributed by atoms with van der Waals surface area (Å²) in [7, 11) is 0. The van der Waals surface area contributed by atoms with Gasteiger partial charge in [0.15, 0.2) is 0 Å². The van der Waals surface area contributed by atoms with Crippen LogP contribution in [-0.4, -0.2) is 17.4 Å². The van der Waals surface area contributed by atoms with E-state index in [-0.39, 0.29) is 5.11 Å². The molecule has 1 heterocycles. The van der Waals surface area contributed by atoms with Crippen LogP contribution in [0.5, 0.6) is 5.75 Å². The van der Waals surface area contributed by atoms with Gasteiger partial charge in [0.2, 0.25) is 5.11 Å². The molecule has 0 spiro atoms. The van der Waals surface area contributed by atoms with E-state index in [4.69, 9.17) is 22.8 Å². The summed E-state index contributed by atoms with van der Waals surface area (Å²) >= 11 is 4.83. The molecule has 0 saturated carbocycles. The predicted octanol–water partition coefficient (Wildman–Crippen LogP) is 0.683. The molecule has 0 saturated heterocycles. The molecule has 0 bridgehead atoms. The second kappa shape index (κ2) is 5.11. The number of hydrogen-bond acceptors (Lipinski definition) is 4. The molecule has 0 fully saturated rings. The Labute approximate surface area is 105 Å². The molecule has 4 N–H and O–H groups in total. The average Bonchev–Trinajstić information content (AvgIpc) is 2.82. The van der Waals surface area contributed by atoms with E-state index in [1.165, 1.54) is 5.56 Å². The number of ether oxygens (including phenoxy) is 1. The van der Waals surface area contributed by atoms with Crippen LogP contribution in [0.1, 0.15) is 18.1 Å². The van der Waals surface area contributed by atoms with E-state index in [0.717, 1.165) is 30.1 Å². The third kappa shape index (κ3) is 2.72. The van der Waals surface area contributed by atoms with Crippen molar-refractivity contribution < 1.29 is 4.74 Å². The van der Waals surface area contributed by atoms with Crippen molar-refractivity contribution in [2.45, 2.75) is 13.3 Å². The topological polar surface area (TPSA) is 71.7 Å². The maximum Gasteiger partial charge on any atom is 0.201 e. The Kier molecular flexibility index (Phi) is 3.55. The fourth-order valence-corrected chi connectivity index (χ4v) is 1.69. The van der Waals surface area contributed by atoms with Crippen LogP contribution in [0.25, 0.3) is 0 Å². The Morgan fingerprint density at radius 1 is 1.53 bits per heavy atom. The lowest BCUT2D eigenvalue weighted by atomic mass is 10.1. The Balaban J connectivity index is 2.14. The molecule has 5 nitrogen and oxygen atoms in total. The maximum absolute atomic E-state index is 5.45. The average molecular weight is 250 g/mol. The lowest BCUT2D eigenvalue weighted by Gasteiger charge is -2.05. The smallest absolute Gasteiger partial charge is 0.201 e. The second-order valence-corrected chi connectivity index (χ2v) is 4.11. The monoisotopic (exact) mass is 250 g/mol. The molecule has 17 heavy (non-hydrogen) atoms. The number of thiocarbonyl (C=S) groups is 1.